The number of H-pyrrole nitrogens is 1. The van der Waals surface area contributed by atoms with Gasteiger partial charge < -0.3 is 4.98 Å². The number of aromatic nitrogens is 1. The van der Waals surface area contributed by atoms with Crippen LogP contribution in [0.15, 0.2) is 47.1 Å². The number of amides is 2. The lowest BCUT2D eigenvalue weighted by Gasteiger charge is -2.13. The van der Waals surface area contributed by atoms with Crippen LogP contribution in [-0.2, 0) is 6.42 Å². The Hall–Kier alpha value is -2.11. The van der Waals surface area contributed by atoms with E-state index in [1.165, 1.54) is 4.90 Å². The molecule has 2 aromatic carbocycles. The second kappa shape index (κ2) is 5.76. The molecular weight excluding hydrogens is 392 g/mol. The van der Waals surface area contributed by atoms with Crippen molar-refractivity contribution >= 4 is 50.2 Å². The number of carbonyl (C=O) groups is 2. The van der Waals surface area contributed by atoms with Gasteiger partial charge in [-0.1, -0.05) is 23.7 Å². The fraction of sp³-hybridized carbons (Fsp3) is 0.111. The van der Waals surface area contributed by atoms with Crippen LogP contribution in [-0.4, -0.2) is 28.2 Å². The van der Waals surface area contributed by atoms with Crippen molar-refractivity contribution in [3.05, 3.63) is 68.8 Å². The molecule has 4 nitrogen and oxygen atoms in total. The quantitative estimate of drug-likeness (QED) is 0.658. The number of rotatable bonds is 3. The lowest BCUT2D eigenvalue weighted by molar-refractivity contribution is 0.0656. The van der Waals surface area contributed by atoms with Gasteiger partial charge in [0.25, 0.3) is 11.8 Å². The first-order valence-electron chi connectivity index (χ1n) is 7.47. The maximum absolute atomic E-state index is 12.4. The SMILES string of the molecule is O=C1c2ccccc2C(=O)N1CCc1c(Br)[nH]c2ccc(Cl)cc12. The molecule has 6 heteroatoms. The van der Waals surface area contributed by atoms with Gasteiger partial charge in [-0.15, -0.1) is 0 Å². The second-order valence-electron chi connectivity index (χ2n) is 5.66. The molecule has 0 bridgehead atoms. The number of carbonyl (C=O) groups excluding carboxylic acids is 2. The molecule has 3 aromatic rings. The molecule has 1 aliphatic rings. The van der Waals surface area contributed by atoms with Crippen LogP contribution in [0.4, 0.5) is 0 Å². The monoisotopic (exact) mass is 402 g/mol. The summed E-state index contributed by atoms with van der Waals surface area (Å²) in [6, 6.07) is 12.5. The van der Waals surface area contributed by atoms with Crippen LogP contribution in [0.2, 0.25) is 5.02 Å². The van der Waals surface area contributed by atoms with Crippen molar-refractivity contribution in [1.82, 2.24) is 9.88 Å². The molecule has 0 saturated heterocycles. The van der Waals surface area contributed by atoms with Crippen LogP contribution >= 0.6 is 27.5 Å². The zero-order valence-corrected chi connectivity index (χ0v) is 14.8. The highest BCUT2D eigenvalue weighted by Gasteiger charge is 2.34. The van der Waals surface area contributed by atoms with E-state index in [4.69, 9.17) is 11.6 Å². The van der Waals surface area contributed by atoms with Gasteiger partial charge in [-0.25, -0.2) is 0 Å². The summed E-state index contributed by atoms with van der Waals surface area (Å²) in [6.07, 6.45) is 0.548. The lowest BCUT2D eigenvalue weighted by Crippen LogP contribution is -2.31. The van der Waals surface area contributed by atoms with Gasteiger partial charge in [0.1, 0.15) is 0 Å². The number of benzene rings is 2. The van der Waals surface area contributed by atoms with Gasteiger partial charge in [-0.2, -0.15) is 0 Å². The van der Waals surface area contributed by atoms with E-state index in [0.717, 1.165) is 21.1 Å². The van der Waals surface area contributed by atoms with E-state index < -0.39 is 0 Å². The largest absolute Gasteiger partial charge is 0.349 e. The highest BCUT2D eigenvalue weighted by molar-refractivity contribution is 9.10. The number of nitrogens with one attached hydrogen (secondary N) is 1. The summed E-state index contributed by atoms with van der Waals surface area (Å²) in [4.78, 5) is 29.4. The number of hydrogen-bond acceptors (Lipinski definition) is 2. The first-order chi connectivity index (χ1) is 11.6. The maximum Gasteiger partial charge on any atom is 0.261 e. The normalized spacial score (nSPS) is 13.8. The lowest BCUT2D eigenvalue weighted by atomic mass is 10.1. The van der Waals surface area contributed by atoms with E-state index in [1.54, 1.807) is 24.3 Å². The predicted molar refractivity (Wildman–Crippen MR) is 96.5 cm³/mol. The van der Waals surface area contributed by atoms with Crippen molar-refractivity contribution in [3.63, 3.8) is 0 Å². The van der Waals surface area contributed by atoms with Gasteiger partial charge in [0, 0.05) is 22.5 Å². The smallest absolute Gasteiger partial charge is 0.261 e. The summed E-state index contributed by atoms with van der Waals surface area (Å²) in [7, 11) is 0. The Morgan fingerprint density at radius 2 is 1.71 bits per heavy atom. The molecule has 1 aliphatic heterocycles. The molecule has 0 fully saturated rings. The maximum atomic E-state index is 12.4. The molecule has 0 aliphatic carbocycles. The van der Waals surface area contributed by atoms with Crippen molar-refractivity contribution in [3.8, 4) is 0 Å². The van der Waals surface area contributed by atoms with E-state index in [0.29, 0.717) is 29.1 Å². The van der Waals surface area contributed by atoms with Crippen molar-refractivity contribution in [1.29, 1.82) is 0 Å². The number of nitrogens with zero attached hydrogens (tertiary/aromatic N) is 1. The van der Waals surface area contributed by atoms with Crippen LogP contribution in [0, 0.1) is 0 Å². The molecule has 120 valence electrons. The topological polar surface area (TPSA) is 53.2 Å². The van der Waals surface area contributed by atoms with E-state index in [9.17, 15) is 9.59 Å². The summed E-state index contributed by atoms with van der Waals surface area (Å²) in [5.74, 6) is -0.464. The Kier molecular flexibility index (Phi) is 3.70. The number of fused-ring (bicyclic) bond motifs is 2. The van der Waals surface area contributed by atoms with Crippen LogP contribution in [0.5, 0.6) is 0 Å². The molecule has 0 saturated carbocycles. The van der Waals surface area contributed by atoms with Crippen LogP contribution in [0.25, 0.3) is 10.9 Å². The fourth-order valence-electron chi connectivity index (χ4n) is 3.10. The molecular formula is C18H12BrClN2O2. The van der Waals surface area contributed by atoms with Crippen LogP contribution in [0.3, 0.4) is 0 Å². The van der Waals surface area contributed by atoms with Crippen molar-refractivity contribution in [2.24, 2.45) is 0 Å². The van der Waals surface area contributed by atoms with Gasteiger partial charge in [0.2, 0.25) is 0 Å². The Bertz CT molecular complexity index is 961. The summed E-state index contributed by atoms with van der Waals surface area (Å²) < 4.78 is 0.844. The minimum absolute atomic E-state index is 0.232. The number of halogens is 2. The highest BCUT2D eigenvalue weighted by atomic mass is 79.9. The average molecular weight is 404 g/mol. The second-order valence-corrected chi connectivity index (χ2v) is 6.89. The molecule has 24 heavy (non-hydrogen) atoms. The summed E-state index contributed by atoms with van der Waals surface area (Å²) >= 11 is 9.60. The Labute approximate surface area is 151 Å². The fourth-order valence-corrected chi connectivity index (χ4v) is 3.89. The molecule has 0 spiro atoms. The molecule has 1 N–H and O–H groups in total. The van der Waals surface area contributed by atoms with Gasteiger partial charge in [0.15, 0.2) is 0 Å². The van der Waals surface area contributed by atoms with Gasteiger partial charge >= 0.3 is 0 Å². The van der Waals surface area contributed by atoms with E-state index >= 15 is 0 Å². The zero-order valence-electron chi connectivity index (χ0n) is 12.5. The Morgan fingerprint density at radius 1 is 1.04 bits per heavy atom. The first kappa shape index (κ1) is 15.4. The van der Waals surface area contributed by atoms with E-state index in [1.807, 2.05) is 18.2 Å². The van der Waals surface area contributed by atoms with Gasteiger partial charge in [-0.3, -0.25) is 14.5 Å². The van der Waals surface area contributed by atoms with Crippen molar-refractivity contribution in [2.75, 3.05) is 6.54 Å². The Balaban J connectivity index is 1.63. The van der Waals surface area contributed by atoms with Gasteiger partial charge in [-0.05, 0) is 58.2 Å². The zero-order chi connectivity index (χ0) is 16.8. The third kappa shape index (κ3) is 2.36. The molecule has 2 amide bonds. The minimum atomic E-state index is -0.232. The molecule has 0 radical (unpaired) electrons. The summed E-state index contributed by atoms with van der Waals surface area (Å²) in [6.45, 7) is 0.324. The number of aromatic amines is 1. The third-order valence-corrected chi connectivity index (χ3v) is 5.19. The number of hydrogen-bond donors (Lipinski definition) is 1. The van der Waals surface area contributed by atoms with E-state index in [-0.39, 0.29) is 11.8 Å². The van der Waals surface area contributed by atoms with Crippen LogP contribution < -0.4 is 0 Å². The summed E-state index contributed by atoms with van der Waals surface area (Å²) in [5, 5.41) is 1.64. The molecule has 1 aromatic heterocycles. The van der Waals surface area contributed by atoms with Gasteiger partial charge in [0.05, 0.1) is 15.7 Å². The molecule has 2 heterocycles. The van der Waals surface area contributed by atoms with Crippen LogP contribution in [0.1, 0.15) is 26.3 Å². The molecule has 4 rings (SSSR count). The predicted octanol–water partition coefficient (Wildman–Crippen LogP) is 4.42. The third-order valence-electron chi connectivity index (χ3n) is 4.28. The molecule has 0 unspecified atom stereocenters. The average Bonchev–Trinajstić information content (AvgIpc) is 3.01. The number of imide groups is 1. The minimum Gasteiger partial charge on any atom is -0.349 e. The van der Waals surface area contributed by atoms with Crippen molar-refractivity contribution in [2.45, 2.75) is 6.42 Å². The summed E-state index contributed by atoms with van der Waals surface area (Å²) in [5.41, 5.74) is 2.92. The standard InChI is InChI=1S/C18H12BrClN2O2/c19-16-11(14-9-10(20)5-6-15(14)21-16)7-8-22-17(23)12-3-1-2-4-13(12)18(22)24/h1-6,9,21H,7-8H2. The first-order valence-corrected chi connectivity index (χ1v) is 8.64. The highest BCUT2D eigenvalue weighted by Crippen LogP contribution is 2.30. The van der Waals surface area contributed by atoms with E-state index in [2.05, 4.69) is 20.9 Å². The van der Waals surface area contributed by atoms with Crippen molar-refractivity contribution < 1.29 is 9.59 Å². The molecule has 0 atom stereocenters. The Morgan fingerprint density at radius 3 is 2.38 bits per heavy atom.